The number of Topliss-reactive ketones (excluding diaryl/α,β-unsaturated/α-hetero) is 1. The van der Waals surface area contributed by atoms with E-state index < -0.39 is 28.1 Å². The fourth-order valence-electron chi connectivity index (χ4n) is 3.09. The van der Waals surface area contributed by atoms with Crippen LogP contribution in [0, 0.1) is 27.4 Å². The van der Waals surface area contributed by atoms with Gasteiger partial charge in [-0.2, -0.15) is 5.26 Å². The van der Waals surface area contributed by atoms with Gasteiger partial charge in [0.1, 0.15) is 17.4 Å². The number of carbonyl (C=O) groups excluding carboxylic acids is 2. The standard InChI is InChI=1S/C21H11ClN4O5/c22-15-9-11(26(29)30)5-6-12(15)17-7-8-18(31-17)19(27)14(10-23)20-24-16-4-2-1-3-13(16)21(28)25-20/h1-9,13H,(H,25,28)/b20-14-. The minimum absolute atomic E-state index is 0.0653. The van der Waals surface area contributed by atoms with Crippen LogP contribution < -0.4 is 5.32 Å². The Kier molecular flexibility index (Phi) is 5.07. The lowest BCUT2D eigenvalue weighted by atomic mass is 9.95. The highest BCUT2D eigenvalue weighted by molar-refractivity contribution is 6.33. The van der Waals surface area contributed by atoms with E-state index in [9.17, 15) is 25.0 Å². The zero-order chi connectivity index (χ0) is 22.1. The number of aliphatic imine (C=N–C) groups is 1. The number of nitrogens with zero attached hydrogens (tertiary/aromatic N) is 3. The number of rotatable bonds is 4. The van der Waals surface area contributed by atoms with E-state index in [4.69, 9.17) is 16.0 Å². The number of fused-ring (bicyclic) bond motifs is 1. The fourth-order valence-corrected chi connectivity index (χ4v) is 3.35. The number of allylic oxidation sites excluding steroid dienone is 4. The van der Waals surface area contributed by atoms with Crippen molar-refractivity contribution in [3.63, 3.8) is 0 Å². The highest BCUT2D eigenvalue weighted by atomic mass is 35.5. The third kappa shape index (κ3) is 3.68. The number of furan rings is 1. The van der Waals surface area contributed by atoms with Crippen LogP contribution in [-0.4, -0.2) is 22.3 Å². The van der Waals surface area contributed by atoms with Crippen LogP contribution in [0.15, 0.2) is 75.4 Å². The number of nitro benzene ring substituents is 1. The molecule has 1 aliphatic carbocycles. The maximum absolute atomic E-state index is 12.9. The van der Waals surface area contributed by atoms with Crippen LogP contribution in [0.4, 0.5) is 5.69 Å². The summed E-state index contributed by atoms with van der Waals surface area (Å²) in [6, 6.07) is 8.39. The van der Waals surface area contributed by atoms with E-state index in [0.717, 1.165) is 0 Å². The Hall–Kier alpha value is -4.29. The number of nitriles is 1. The van der Waals surface area contributed by atoms with Crippen LogP contribution >= 0.6 is 11.6 Å². The zero-order valence-electron chi connectivity index (χ0n) is 15.5. The van der Waals surface area contributed by atoms with Crippen molar-refractivity contribution in [2.24, 2.45) is 10.9 Å². The first-order valence-electron chi connectivity index (χ1n) is 8.86. The lowest BCUT2D eigenvalue weighted by Crippen LogP contribution is -2.39. The third-order valence-corrected chi connectivity index (χ3v) is 4.91. The van der Waals surface area contributed by atoms with Crippen LogP contribution in [0.25, 0.3) is 11.3 Å². The number of non-ortho nitro benzene ring substituents is 1. The van der Waals surface area contributed by atoms with Gasteiger partial charge in [0.2, 0.25) is 11.7 Å². The van der Waals surface area contributed by atoms with E-state index >= 15 is 0 Å². The van der Waals surface area contributed by atoms with Crippen LogP contribution in [0.3, 0.4) is 0 Å². The van der Waals surface area contributed by atoms with Gasteiger partial charge in [-0.05, 0) is 24.3 Å². The second kappa shape index (κ2) is 7.85. The first-order valence-corrected chi connectivity index (χ1v) is 9.24. The number of halogens is 1. The average molecular weight is 435 g/mol. The zero-order valence-corrected chi connectivity index (χ0v) is 16.3. The molecule has 0 spiro atoms. The molecule has 1 aromatic heterocycles. The molecule has 0 saturated heterocycles. The second-order valence-electron chi connectivity index (χ2n) is 6.50. The molecule has 2 aromatic rings. The summed E-state index contributed by atoms with van der Waals surface area (Å²) >= 11 is 6.10. The molecule has 1 amide bonds. The molecule has 2 heterocycles. The van der Waals surface area contributed by atoms with Gasteiger partial charge in [0.25, 0.3) is 5.69 Å². The Morgan fingerprint density at radius 2 is 2.10 bits per heavy atom. The molecular formula is C21H11ClN4O5. The summed E-state index contributed by atoms with van der Waals surface area (Å²) in [5, 5.41) is 22.9. The monoisotopic (exact) mass is 434 g/mol. The van der Waals surface area contributed by atoms with Gasteiger partial charge in [-0.1, -0.05) is 29.8 Å². The SMILES string of the molecule is N#C/C(C(=O)c1ccc(-c2ccc([N+](=O)[O-])cc2Cl)o1)=C1\N=C2C=CC=CC2C(=O)N1. The minimum atomic E-state index is -0.778. The van der Waals surface area contributed by atoms with E-state index in [1.165, 1.54) is 30.3 Å². The van der Waals surface area contributed by atoms with Crippen LogP contribution in [-0.2, 0) is 4.79 Å². The molecular weight excluding hydrogens is 424 g/mol. The van der Waals surface area contributed by atoms with Gasteiger partial charge in [-0.15, -0.1) is 0 Å². The van der Waals surface area contributed by atoms with Gasteiger partial charge < -0.3 is 9.73 Å². The molecule has 1 N–H and O–H groups in total. The summed E-state index contributed by atoms with van der Waals surface area (Å²) in [5.41, 5.74) is 0.174. The predicted molar refractivity (Wildman–Crippen MR) is 110 cm³/mol. The molecule has 1 aliphatic heterocycles. The van der Waals surface area contributed by atoms with Gasteiger partial charge >= 0.3 is 0 Å². The summed E-state index contributed by atoms with van der Waals surface area (Å²) in [5.74, 6) is -1.91. The van der Waals surface area contributed by atoms with Gasteiger partial charge in [0.15, 0.2) is 11.6 Å². The second-order valence-corrected chi connectivity index (χ2v) is 6.90. The van der Waals surface area contributed by atoms with Crippen molar-refractivity contribution in [1.82, 2.24) is 5.32 Å². The maximum atomic E-state index is 12.9. The quantitative estimate of drug-likeness (QED) is 0.255. The van der Waals surface area contributed by atoms with Crippen molar-refractivity contribution in [2.45, 2.75) is 0 Å². The molecule has 31 heavy (non-hydrogen) atoms. The molecule has 1 unspecified atom stereocenters. The number of nitro groups is 1. The number of carbonyl (C=O) groups is 2. The van der Waals surface area contributed by atoms with Crippen molar-refractivity contribution < 1.29 is 18.9 Å². The van der Waals surface area contributed by atoms with Crippen LogP contribution in [0.2, 0.25) is 5.02 Å². The molecule has 10 heteroatoms. The van der Waals surface area contributed by atoms with E-state index in [2.05, 4.69) is 10.3 Å². The van der Waals surface area contributed by atoms with Gasteiger partial charge in [-0.25, -0.2) is 4.99 Å². The fraction of sp³-hybridized carbons (Fsp3) is 0.0476. The van der Waals surface area contributed by atoms with Crippen LogP contribution in [0.5, 0.6) is 0 Å². The number of hydrogen-bond acceptors (Lipinski definition) is 7. The largest absolute Gasteiger partial charge is 0.453 e. The van der Waals surface area contributed by atoms with E-state index in [1.807, 2.05) is 0 Å². The summed E-state index contributed by atoms with van der Waals surface area (Å²) in [6.45, 7) is 0. The van der Waals surface area contributed by atoms with E-state index in [-0.39, 0.29) is 28.1 Å². The molecule has 0 radical (unpaired) electrons. The summed E-state index contributed by atoms with van der Waals surface area (Å²) < 4.78 is 5.54. The Balaban J connectivity index is 1.68. The number of benzene rings is 1. The molecule has 152 valence electrons. The van der Waals surface area contributed by atoms with Crippen molar-refractivity contribution in [3.05, 3.63) is 86.9 Å². The number of nitrogens with one attached hydrogen (secondary N) is 1. The molecule has 1 atom stereocenters. The van der Waals surface area contributed by atoms with E-state index in [0.29, 0.717) is 11.3 Å². The number of hydrogen-bond donors (Lipinski definition) is 1. The Bertz CT molecular complexity index is 1310. The van der Waals surface area contributed by atoms with Crippen molar-refractivity contribution in [1.29, 1.82) is 5.26 Å². The molecule has 0 fully saturated rings. The predicted octanol–water partition coefficient (Wildman–Crippen LogP) is 3.74. The normalized spacial score (nSPS) is 18.5. The van der Waals surface area contributed by atoms with Gasteiger partial charge in [0, 0.05) is 17.7 Å². The molecule has 0 bridgehead atoms. The summed E-state index contributed by atoms with van der Waals surface area (Å²) in [7, 11) is 0. The molecule has 2 aliphatic rings. The molecule has 9 nitrogen and oxygen atoms in total. The number of amides is 1. The van der Waals surface area contributed by atoms with Crippen molar-refractivity contribution >= 4 is 34.7 Å². The van der Waals surface area contributed by atoms with Crippen molar-refractivity contribution in [2.75, 3.05) is 0 Å². The topological polar surface area (TPSA) is 139 Å². The Morgan fingerprint density at radius 1 is 1.29 bits per heavy atom. The van der Waals surface area contributed by atoms with Gasteiger partial charge in [-0.3, -0.25) is 19.7 Å². The average Bonchev–Trinajstić information content (AvgIpc) is 3.24. The smallest absolute Gasteiger partial charge is 0.270 e. The summed E-state index contributed by atoms with van der Waals surface area (Å²) in [4.78, 5) is 39.7. The lowest BCUT2D eigenvalue weighted by Gasteiger charge is -2.22. The Morgan fingerprint density at radius 3 is 2.81 bits per heavy atom. The minimum Gasteiger partial charge on any atom is -0.453 e. The van der Waals surface area contributed by atoms with Gasteiger partial charge in [0.05, 0.1) is 21.6 Å². The summed E-state index contributed by atoms with van der Waals surface area (Å²) in [6.07, 6.45) is 6.70. The maximum Gasteiger partial charge on any atom is 0.270 e. The number of ketones is 1. The highest BCUT2D eigenvalue weighted by Crippen LogP contribution is 2.33. The third-order valence-electron chi connectivity index (χ3n) is 4.60. The van der Waals surface area contributed by atoms with E-state index in [1.54, 1.807) is 30.4 Å². The van der Waals surface area contributed by atoms with Crippen LogP contribution in [0.1, 0.15) is 10.6 Å². The highest BCUT2D eigenvalue weighted by Gasteiger charge is 2.31. The Labute approximate surface area is 179 Å². The first-order chi connectivity index (χ1) is 14.9. The molecule has 0 saturated carbocycles. The first kappa shape index (κ1) is 20.0. The molecule has 4 rings (SSSR count). The lowest BCUT2D eigenvalue weighted by molar-refractivity contribution is -0.384. The molecule has 1 aromatic carbocycles. The van der Waals surface area contributed by atoms with Crippen molar-refractivity contribution in [3.8, 4) is 17.4 Å².